The van der Waals surface area contributed by atoms with Crippen molar-refractivity contribution in [1.29, 1.82) is 0 Å². The third kappa shape index (κ3) is 5.14. The van der Waals surface area contributed by atoms with Gasteiger partial charge in [0.2, 0.25) is 0 Å². The predicted octanol–water partition coefficient (Wildman–Crippen LogP) is 3.60. The highest BCUT2D eigenvalue weighted by Crippen LogP contribution is 2.16. The Labute approximate surface area is 141 Å². The van der Waals surface area contributed by atoms with E-state index in [1.807, 2.05) is 6.07 Å². The van der Waals surface area contributed by atoms with E-state index in [2.05, 4.69) is 29.0 Å². The minimum absolute atomic E-state index is 0.0822. The molecular weight excluding hydrogens is 314 g/mol. The third-order valence-corrected chi connectivity index (χ3v) is 3.58. The van der Waals surface area contributed by atoms with Crippen LogP contribution >= 0.6 is 11.6 Å². The Morgan fingerprint density at radius 3 is 2.43 bits per heavy atom. The van der Waals surface area contributed by atoms with Gasteiger partial charge < -0.3 is 15.0 Å². The lowest BCUT2D eigenvalue weighted by atomic mass is 10.3. The molecular formula is C17H20ClN3O2. The molecule has 0 saturated heterocycles. The van der Waals surface area contributed by atoms with Crippen LogP contribution in [0, 0.1) is 0 Å². The van der Waals surface area contributed by atoms with E-state index in [9.17, 15) is 4.79 Å². The van der Waals surface area contributed by atoms with Gasteiger partial charge in [-0.3, -0.25) is 4.79 Å². The molecule has 0 fully saturated rings. The fourth-order valence-electron chi connectivity index (χ4n) is 2.09. The van der Waals surface area contributed by atoms with Gasteiger partial charge in [-0.05, 0) is 50.2 Å². The number of carbonyl (C=O) groups is 1. The molecule has 1 aromatic heterocycles. The number of amides is 1. The normalized spacial score (nSPS) is 10.2. The average molecular weight is 334 g/mol. The molecule has 0 radical (unpaired) electrons. The second-order valence-corrected chi connectivity index (χ2v) is 5.30. The third-order valence-electron chi connectivity index (χ3n) is 3.33. The largest absolute Gasteiger partial charge is 0.484 e. The summed E-state index contributed by atoms with van der Waals surface area (Å²) in [5, 5.41) is 3.33. The zero-order valence-corrected chi connectivity index (χ0v) is 14.0. The van der Waals surface area contributed by atoms with Gasteiger partial charge in [-0.2, -0.15) is 0 Å². The number of hydrogen-bond donors (Lipinski definition) is 1. The summed E-state index contributed by atoms with van der Waals surface area (Å²) >= 11 is 5.79. The van der Waals surface area contributed by atoms with E-state index >= 15 is 0 Å². The molecule has 1 heterocycles. The lowest BCUT2D eigenvalue weighted by molar-refractivity contribution is -0.118. The lowest BCUT2D eigenvalue weighted by Crippen LogP contribution is -2.23. The van der Waals surface area contributed by atoms with Gasteiger partial charge in [-0.15, -0.1) is 0 Å². The van der Waals surface area contributed by atoms with Crippen LogP contribution in [0.4, 0.5) is 11.5 Å². The lowest BCUT2D eigenvalue weighted by Gasteiger charge is -2.20. The zero-order chi connectivity index (χ0) is 16.7. The summed E-state index contributed by atoms with van der Waals surface area (Å²) in [5.74, 6) is 0.836. The van der Waals surface area contributed by atoms with Gasteiger partial charge in [0.25, 0.3) is 5.91 Å². The minimum atomic E-state index is -0.261. The van der Waals surface area contributed by atoms with Gasteiger partial charge in [-0.25, -0.2) is 4.98 Å². The number of hydrogen-bond acceptors (Lipinski definition) is 4. The van der Waals surface area contributed by atoms with Gasteiger partial charge in [-0.1, -0.05) is 11.6 Å². The van der Waals surface area contributed by atoms with Crippen LogP contribution in [0.25, 0.3) is 0 Å². The van der Waals surface area contributed by atoms with E-state index in [1.54, 1.807) is 36.5 Å². The second kappa shape index (κ2) is 8.39. The first-order valence-corrected chi connectivity index (χ1v) is 7.89. The predicted molar refractivity (Wildman–Crippen MR) is 93.4 cm³/mol. The molecule has 1 N–H and O–H groups in total. The Bertz CT molecular complexity index is 625. The first-order valence-electron chi connectivity index (χ1n) is 7.51. The van der Waals surface area contributed by atoms with E-state index in [-0.39, 0.29) is 12.5 Å². The highest BCUT2D eigenvalue weighted by molar-refractivity contribution is 6.30. The number of anilines is 2. The monoisotopic (exact) mass is 333 g/mol. The molecule has 2 rings (SSSR count). The molecule has 0 aliphatic heterocycles. The van der Waals surface area contributed by atoms with Crippen molar-refractivity contribution >= 4 is 29.0 Å². The summed E-state index contributed by atoms with van der Waals surface area (Å²) in [4.78, 5) is 18.3. The first-order chi connectivity index (χ1) is 11.1. The molecule has 6 heteroatoms. The molecule has 122 valence electrons. The van der Waals surface area contributed by atoms with Gasteiger partial charge >= 0.3 is 0 Å². The topological polar surface area (TPSA) is 54.5 Å². The molecule has 5 nitrogen and oxygen atoms in total. The summed E-state index contributed by atoms with van der Waals surface area (Å²) in [5.41, 5.74) is 1.03. The number of ether oxygens (including phenoxy) is 1. The molecule has 0 atom stereocenters. The highest BCUT2D eigenvalue weighted by atomic mass is 35.5. The van der Waals surface area contributed by atoms with Crippen LogP contribution < -0.4 is 15.0 Å². The van der Waals surface area contributed by atoms with Crippen molar-refractivity contribution in [2.24, 2.45) is 0 Å². The summed E-state index contributed by atoms with van der Waals surface area (Å²) in [6.07, 6.45) is 1.75. The molecule has 0 spiro atoms. The minimum Gasteiger partial charge on any atom is -0.484 e. The van der Waals surface area contributed by atoms with E-state index in [1.165, 1.54) is 0 Å². The van der Waals surface area contributed by atoms with Gasteiger partial charge in [0.1, 0.15) is 11.6 Å². The Morgan fingerprint density at radius 1 is 1.17 bits per heavy atom. The SMILES string of the molecule is CCN(CC)c1ccc(NC(=O)COc2ccc(Cl)cc2)nc1. The number of pyridine rings is 1. The zero-order valence-electron chi connectivity index (χ0n) is 13.3. The fraction of sp³-hybridized carbons (Fsp3) is 0.294. The number of carbonyl (C=O) groups excluding carboxylic acids is 1. The van der Waals surface area contributed by atoms with Crippen molar-refractivity contribution < 1.29 is 9.53 Å². The quantitative estimate of drug-likeness (QED) is 0.841. The molecule has 0 unspecified atom stereocenters. The van der Waals surface area contributed by atoms with Crippen molar-refractivity contribution in [3.63, 3.8) is 0 Å². The number of nitrogens with one attached hydrogen (secondary N) is 1. The maximum Gasteiger partial charge on any atom is 0.263 e. The van der Waals surface area contributed by atoms with Crippen LogP contribution in [-0.2, 0) is 4.79 Å². The first kappa shape index (κ1) is 17.1. The van der Waals surface area contributed by atoms with Crippen LogP contribution in [0.5, 0.6) is 5.75 Å². The smallest absolute Gasteiger partial charge is 0.263 e. The van der Waals surface area contributed by atoms with Crippen molar-refractivity contribution in [2.75, 3.05) is 29.9 Å². The van der Waals surface area contributed by atoms with Gasteiger partial charge in [0, 0.05) is 18.1 Å². The molecule has 2 aromatic rings. The van der Waals surface area contributed by atoms with Gasteiger partial charge in [0.05, 0.1) is 11.9 Å². The average Bonchev–Trinajstić information content (AvgIpc) is 2.57. The molecule has 1 aromatic carbocycles. The van der Waals surface area contributed by atoms with Crippen LogP contribution in [-0.4, -0.2) is 30.6 Å². The fourth-order valence-corrected chi connectivity index (χ4v) is 2.22. The Balaban J connectivity index is 1.86. The summed E-state index contributed by atoms with van der Waals surface area (Å²) in [6, 6.07) is 10.6. The van der Waals surface area contributed by atoms with Crippen LogP contribution in [0.1, 0.15) is 13.8 Å². The standard InChI is InChI=1S/C17H20ClN3O2/c1-3-21(4-2)14-7-10-16(19-11-14)20-17(22)12-23-15-8-5-13(18)6-9-15/h5-11H,3-4,12H2,1-2H3,(H,19,20,22). The molecule has 0 saturated carbocycles. The molecule has 0 bridgehead atoms. The number of rotatable bonds is 7. The number of aromatic nitrogens is 1. The maximum atomic E-state index is 11.9. The Kier molecular flexibility index (Phi) is 6.23. The van der Waals surface area contributed by atoms with Crippen molar-refractivity contribution in [3.8, 4) is 5.75 Å². The Morgan fingerprint density at radius 2 is 1.87 bits per heavy atom. The second-order valence-electron chi connectivity index (χ2n) is 4.86. The maximum absolute atomic E-state index is 11.9. The van der Waals surface area contributed by atoms with Crippen LogP contribution in [0.15, 0.2) is 42.6 Å². The number of benzene rings is 1. The van der Waals surface area contributed by atoms with Crippen molar-refractivity contribution in [1.82, 2.24) is 4.98 Å². The molecule has 23 heavy (non-hydrogen) atoms. The molecule has 0 aliphatic rings. The summed E-state index contributed by atoms with van der Waals surface area (Å²) in [7, 11) is 0. The summed E-state index contributed by atoms with van der Waals surface area (Å²) in [6.45, 7) is 5.93. The van der Waals surface area contributed by atoms with E-state index in [4.69, 9.17) is 16.3 Å². The highest BCUT2D eigenvalue weighted by Gasteiger charge is 2.06. The van der Waals surface area contributed by atoms with Crippen molar-refractivity contribution in [3.05, 3.63) is 47.6 Å². The van der Waals surface area contributed by atoms with Crippen molar-refractivity contribution in [2.45, 2.75) is 13.8 Å². The van der Waals surface area contributed by atoms with E-state index < -0.39 is 0 Å². The number of halogens is 1. The van der Waals surface area contributed by atoms with Gasteiger partial charge in [0.15, 0.2) is 6.61 Å². The summed E-state index contributed by atoms with van der Waals surface area (Å²) < 4.78 is 5.39. The molecule has 1 amide bonds. The number of nitrogens with zero attached hydrogens (tertiary/aromatic N) is 2. The van der Waals surface area contributed by atoms with E-state index in [0.29, 0.717) is 16.6 Å². The van der Waals surface area contributed by atoms with E-state index in [0.717, 1.165) is 18.8 Å². The molecule has 0 aliphatic carbocycles. The van der Waals surface area contributed by atoms with Crippen LogP contribution in [0.3, 0.4) is 0 Å². The van der Waals surface area contributed by atoms with Crippen LogP contribution in [0.2, 0.25) is 5.02 Å². The Hall–Kier alpha value is -2.27.